The van der Waals surface area contributed by atoms with E-state index in [1.807, 2.05) is 23.8 Å². The second-order valence-electron chi connectivity index (χ2n) is 4.79. The van der Waals surface area contributed by atoms with Crippen LogP contribution in [0.2, 0.25) is 0 Å². The first-order chi connectivity index (χ1) is 10.8. The van der Waals surface area contributed by atoms with Crippen LogP contribution in [0, 0.1) is 6.92 Å². The second kappa shape index (κ2) is 5.23. The van der Waals surface area contributed by atoms with Gasteiger partial charge in [-0.25, -0.2) is 9.67 Å². The van der Waals surface area contributed by atoms with E-state index >= 15 is 0 Å². The van der Waals surface area contributed by atoms with Crippen LogP contribution in [0.1, 0.15) is 11.6 Å². The van der Waals surface area contributed by atoms with Gasteiger partial charge in [0.15, 0.2) is 5.76 Å². The van der Waals surface area contributed by atoms with Gasteiger partial charge < -0.3 is 9.09 Å². The topological polar surface area (TPSA) is 74.6 Å². The monoisotopic (exact) mass is 312 g/mol. The summed E-state index contributed by atoms with van der Waals surface area (Å²) in [6.07, 6.45) is 7.16. The molecule has 4 rings (SSSR count). The van der Waals surface area contributed by atoms with Gasteiger partial charge in [0.1, 0.15) is 18.1 Å². The molecule has 0 radical (unpaired) electrons. The summed E-state index contributed by atoms with van der Waals surface area (Å²) >= 11 is 1.62. The van der Waals surface area contributed by atoms with E-state index < -0.39 is 0 Å². The molecular formula is C14H12N6OS. The molecular weight excluding hydrogens is 300 g/mol. The fourth-order valence-corrected chi connectivity index (χ4v) is 3.05. The van der Waals surface area contributed by atoms with E-state index in [0.29, 0.717) is 6.54 Å². The van der Waals surface area contributed by atoms with Crippen molar-refractivity contribution in [1.82, 2.24) is 29.7 Å². The third-order valence-electron chi connectivity index (χ3n) is 3.29. The minimum Gasteiger partial charge on any atom is -0.359 e. The molecule has 4 aromatic rings. The molecule has 0 aliphatic rings. The van der Waals surface area contributed by atoms with Crippen LogP contribution in [-0.2, 0) is 6.54 Å². The molecule has 0 saturated heterocycles. The summed E-state index contributed by atoms with van der Waals surface area (Å²) < 4.78 is 9.10. The zero-order chi connectivity index (χ0) is 14.9. The predicted molar refractivity (Wildman–Crippen MR) is 80.8 cm³/mol. The van der Waals surface area contributed by atoms with Crippen LogP contribution < -0.4 is 0 Å². The third kappa shape index (κ3) is 2.33. The van der Waals surface area contributed by atoms with E-state index in [4.69, 9.17) is 4.52 Å². The molecule has 22 heavy (non-hydrogen) atoms. The number of aromatic nitrogens is 6. The molecule has 0 aliphatic carbocycles. The molecule has 4 aromatic heterocycles. The smallest absolute Gasteiger partial charge is 0.158 e. The molecule has 7 nitrogen and oxygen atoms in total. The minimum absolute atomic E-state index is 0.520. The lowest BCUT2D eigenvalue weighted by Gasteiger charge is -1.99. The zero-order valence-electron chi connectivity index (χ0n) is 11.7. The molecule has 0 aromatic carbocycles. The van der Waals surface area contributed by atoms with E-state index in [1.54, 1.807) is 34.6 Å². The molecule has 0 spiro atoms. The van der Waals surface area contributed by atoms with Crippen molar-refractivity contribution in [3.63, 3.8) is 0 Å². The maximum absolute atomic E-state index is 5.36. The highest BCUT2D eigenvalue weighted by Crippen LogP contribution is 2.29. The molecule has 0 atom stereocenters. The Bertz CT molecular complexity index is 888. The van der Waals surface area contributed by atoms with Gasteiger partial charge >= 0.3 is 0 Å². The van der Waals surface area contributed by atoms with Crippen molar-refractivity contribution in [2.75, 3.05) is 0 Å². The predicted octanol–water partition coefficient (Wildman–Crippen LogP) is 2.54. The number of thiophene rings is 1. The summed E-state index contributed by atoms with van der Waals surface area (Å²) in [6, 6.07) is 4.01. The Morgan fingerprint density at radius 1 is 1.23 bits per heavy atom. The van der Waals surface area contributed by atoms with Crippen LogP contribution in [0.5, 0.6) is 0 Å². The van der Waals surface area contributed by atoms with E-state index in [-0.39, 0.29) is 0 Å². The van der Waals surface area contributed by atoms with Gasteiger partial charge in [-0.2, -0.15) is 0 Å². The Labute approximate surface area is 129 Å². The van der Waals surface area contributed by atoms with Crippen molar-refractivity contribution in [3.8, 4) is 16.3 Å². The van der Waals surface area contributed by atoms with Crippen molar-refractivity contribution in [3.05, 3.63) is 53.9 Å². The standard InChI is InChI=1S/C14H12N6OS/c1-10-15-2-5-20(10)11-6-14(22-9-11)13-7-12(21-17-13)8-19-4-3-16-18-19/h2-7,9H,8H2,1H3. The molecule has 0 unspecified atom stereocenters. The SMILES string of the molecule is Cc1nccn1-c1csc(-c2cc(Cn3ccnn3)on2)c1. The number of aryl methyl sites for hydroxylation is 1. The van der Waals surface area contributed by atoms with Gasteiger partial charge in [-0.05, 0) is 13.0 Å². The maximum Gasteiger partial charge on any atom is 0.158 e. The van der Waals surface area contributed by atoms with Crippen LogP contribution in [-0.4, -0.2) is 29.7 Å². The molecule has 0 amide bonds. The molecule has 8 heteroatoms. The summed E-state index contributed by atoms with van der Waals surface area (Å²) in [4.78, 5) is 5.29. The first kappa shape index (κ1) is 13.0. The van der Waals surface area contributed by atoms with Crippen LogP contribution in [0.15, 0.2) is 46.8 Å². The molecule has 110 valence electrons. The quantitative estimate of drug-likeness (QED) is 0.579. The van der Waals surface area contributed by atoms with Crippen LogP contribution >= 0.6 is 11.3 Å². The number of imidazole rings is 1. The second-order valence-corrected chi connectivity index (χ2v) is 5.70. The van der Waals surface area contributed by atoms with Gasteiger partial charge in [0.2, 0.25) is 0 Å². The summed E-state index contributed by atoms with van der Waals surface area (Å²) in [5.41, 5.74) is 1.90. The molecule has 4 heterocycles. The Hall–Kier alpha value is -2.74. The van der Waals surface area contributed by atoms with E-state index in [9.17, 15) is 0 Å². The van der Waals surface area contributed by atoms with Crippen molar-refractivity contribution in [1.29, 1.82) is 0 Å². The number of hydrogen-bond donors (Lipinski definition) is 0. The highest BCUT2D eigenvalue weighted by Gasteiger charge is 2.11. The lowest BCUT2D eigenvalue weighted by atomic mass is 10.3. The molecule has 0 aliphatic heterocycles. The van der Waals surface area contributed by atoms with Gasteiger partial charge in [0.05, 0.1) is 16.8 Å². The Morgan fingerprint density at radius 3 is 2.95 bits per heavy atom. The van der Waals surface area contributed by atoms with Crippen LogP contribution in [0.4, 0.5) is 0 Å². The van der Waals surface area contributed by atoms with E-state index in [2.05, 4.69) is 31.9 Å². The normalized spacial score (nSPS) is 11.1. The lowest BCUT2D eigenvalue weighted by molar-refractivity contribution is 0.372. The Morgan fingerprint density at radius 2 is 2.18 bits per heavy atom. The lowest BCUT2D eigenvalue weighted by Crippen LogP contribution is -1.98. The first-order valence-electron chi connectivity index (χ1n) is 6.68. The Balaban J connectivity index is 1.59. The Kier molecular flexibility index (Phi) is 3.08. The fraction of sp³-hybridized carbons (Fsp3) is 0.143. The van der Waals surface area contributed by atoms with Crippen molar-refractivity contribution < 1.29 is 4.52 Å². The van der Waals surface area contributed by atoms with Gasteiger partial charge in [-0.3, -0.25) is 0 Å². The fourth-order valence-electron chi connectivity index (χ4n) is 2.22. The van der Waals surface area contributed by atoms with Crippen molar-refractivity contribution in [2.24, 2.45) is 0 Å². The van der Waals surface area contributed by atoms with Gasteiger partial charge in [0.25, 0.3) is 0 Å². The average molecular weight is 312 g/mol. The van der Waals surface area contributed by atoms with E-state index in [0.717, 1.165) is 27.8 Å². The largest absolute Gasteiger partial charge is 0.359 e. The average Bonchev–Trinajstić information content (AvgIpc) is 3.25. The molecule has 0 bridgehead atoms. The number of hydrogen-bond acceptors (Lipinski definition) is 6. The van der Waals surface area contributed by atoms with E-state index in [1.165, 1.54) is 0 Å². The molecule has 0 fully saturated rings. The summed E-state index contributed by atoms with van der Waals surface area (Å²) in [7, 11) is 0. The first-order valence-corrected chi connectivity index (χ1v) is 7.56. The zero-order valence-corrected chi connectivity index (χ0v) is 12.6. The minimum atomic E-state index is 0.520. The molecule has 0 saturated carbocycles. The number of rotatable bonds is 4. The van der Waals surface area contributed by atoms with Crippen LogP contribution in [0.25, 0.3) is 16.3 Å². The summed E-state index contributed by atoms with van der Waals surface area (Å²) in [5.74, 6) is 1.70. The third-order valence-corrected chi connectivity index (χ3v) is 4.23. The highest BCUT2D eigenvalue weighted by molar-refractivity contribution is 7.13. The van der Waals surface area contributed by atoms with Gasteiger partial charge in [-0.1, -0.05) is 10.4 Å². The van der Waals surface area contributed by atoms with Gasteiger partial charge in [0, 0.05) is 30.0 Å². The van der Waals surface area contributed by atoms with Crippen molar-refractivity contribution >= 4 is 11.3 Å². The van der Waals surface area contributed by atoms with Crippen molar-refractivity contribution in [2.45, 2.75) is 13.5 Å². The summed E-state index contributed by atoms with van der Waals surface area (Å²) in [6.45, 7) is 2.50. The van der Waals surface area contributed by atoms with Crippen LogP contribution in [0.3, 0.4) is 0 Å². The maximum atomic E-state index is 5.36. The molecule has 0 N–H and O–H groups in total. The highest BCUT2D eigenvalue weighted by atomic mass is 32.1. The summed E-state index contributed by atoms with van der Waals surface area (Å²) in [5, 5.41) is 13.9. The number of nitrogens with zero attached hydrogens (tertiary/aromatic N) is 6. The van der Waals surface area contributed by atoms with Gasteiger partial charge in [-0.15, -0.1) is 16.4 Å².